The lowest BCUT2D eigenvalue weighted by Gasteiger charge is -2.19. The Morgan fingerprint density at radius 3 is 2.87 bits per heavy atom. The van der Waals surface area contributed by atoms with Crippen LogP contribution >= 0.6 is 15.9 Å². The molecule has 1 aromatic carbocycles. The Balaban J connectivity index is 1.75. The molecule has 1 saturated heterocycles. The highest BCUT2D eigenvalue weighted by Gasteiger charge is 2.33. The van der Waals surface area contributed by atoms with E-state index in [1.165, 1.54) is 34.7 Å². The van der Waals surface area contributed by atoms with Crippen molar-refractivity contribution in [2.45, 2.75) is 25.5 Å². The summed E-state index contributed by atoms with van der Waals surface area (Å²) in [5.41, 5.74) is 0.449. The molecule has 2 heterocycles. The van der Waals surface area contributed by atoms with Crippen LogP contribution in [0.15, 0.2) is 29.1 Å². The molecule has 0 spiro atoms. The molecule has 11 nitrogen and oxygen atoms in total. The fraction of sp³-hybridized carbons (Fsp3) is 0.389. The smallest absolute Gasteiger partial charge is 0.414 e. The molecule has 13 heteroatoms. The van der Waals surface area contributed by atoms with E-state index in [1.807, 2.05) is 0 Å². The van der Waals surface area contributed by atoms with Crippen LogP contribution < -0.4 is 10.2 Å². The van der Waals surface area contributed by atoms with Crippen molar-refractivity contribution in [3.8, 4) is 0 Å². The molecule has 0 radical (unpaired) electrons. The summed E-state index contributed by atoms with van der Waals surface area (Å²) < 4.78 is 21.6. The van der Waals surface area contributed by atoms with E-state index in [0.717, 1.165) is 6.07 Å². The van der Waals surface area contributed by atoms with E-state index >= 15 is 0 Å². The summed E-state index contributed by atoms with van der Waals surface area (Å²) in [5, 5.41) is 23.2. The van der Waals surface area contributed by atoms with Gasteiger partial charge < -0.3 is 25.3 Å². The van der Waals surface area contributed by atoms with Crippen LogP contribution in [0.4, 0.5) is 20.7 Å². The molecule has 1 unspecified atom stereocenters. The van der Waals surface area contributed by atoms with Crippen molar-refractivity contribution in [1.29, 1.82) is 0 Å². The number of aliphatic hydroxyl groups excluding tert-OH is 1. The number of hydrogen-bond donors (Lipinski definition) is 2. The fourth-order valence-electron chi connectivity index (χ4n) is 3.20. The summed E-state index contributed by atoms with van der Waals surface area (Å²) in [6.45, 7) is 1.27. The highest BCUT2D eigenvalue weighted by atomic mass is 79.9. The topological polar surface area (TPSA) is 140 Å². The summed E-state index contributed by atoms with van der Waals surface area (Å²) in [6, 6.07) is 4.12. The number of hydrogen-bond acceptors (Lipinski definition) is 7. The van der Waals surface area contributed by atoms with Gasteiger partial charge in [0.05, 0.1) is 25.4 Å². The van der Waals surface area contributed by atoms with E-state index in [-0.39, 0.29) is 47.3 Å². The predicted molar refractivity (Wildman–Crippen MR) is 109 cm³/mol. The number of rotatable bonds is 8. The number of aromatic nitrogens is 2. The molecule has 1 aromatic heterocycles. The van der Waals surface area contributed by atoms with Gasteiger partial charge in [-0.3, -0.25) is 14.3 Å². The average Bonchev–Trinajstić information content (AvgIpc) is 3.27. The molecule has 31 heavy (non-hydrogen) atoms. The first-order valence-electron chi connectivity index (χ1n) is 9.19. The molecule has 1 aliphatic rings. The molecule has 0 bridgehead atoms. The summed E-state index contributed by atoms with van der Waals surface area (Å²) in [6.07, 6.45) is -0.0244. The lowest BCUT2D eigenvalue weighted by Crippen LogP contribution is -2.33. The maximum atomic E-state index is 14.9. The monoisotopic (exact) mass is 499 g/mol. The second kappa shape index (κ2) is 9.39. The zero-order valence-corrected chi connectivity index (χ0v) is 17.9. The number of ether oxygens (including phenoxy) is 1. The Morgan fingerprint density at radius 1 is 1.55 bits per heavy atom. The van der Waals surface area contributed by atoms with Gasteiger partial charge in [0.1, 0.15) is 18.1 Å². The van der Waals surface area contributed by atoms with Crippen LogP contribution in [0.25, 0.3) is 0 Å². The third-order valence-electron chi connectivity index (χ3n) is 4.73. The second-order valence-electron chi connectivity index (χ2n) is 6.92. The van der Waals surface area contributed by atoms with Crippen LogP contribution in [-0.2, 0) is 16.1 Å². The number of benzene rings is 1. The van der Waals surface area contributed by atoms with Crippen LogP contribution in [0.2, 0.25) is 0 Å². The summed E-state index contributed by atoms with van der Waals surface area (Å²) in [7, 11) is 0. The lowest BCUT2D eigenvalue weighted by atomic mass is 9.98. The summed E-state index contributed by atoms with van der Waals surface area (Å²) in [4.78, 5) is 38.3. The number of carbonyl (C=O) groups is 2. The second-order valence-corrected chi connectivity index (χ2v) is 7.63. The quantitative estimate of drug-likeness (QED) is 0.417. The molecule has 0 saturated carbocycles. The third-order valence-corrected chi connectivity index (χ3v) is 5.36. The van der Waals surface area contributed by atoms with Gasteiger partial charge in [0.15, 0.2) is 0 Å². The minimum absolute atomic E-state index is 0.0404. The van der Waals surface area contributed by atoms with Crippen LogP contribution in [0.3, 0.4) is 0 Å². The number of nitrogens with one attached hydrogen (secondary N) is 1. The maximum absolute atomic E-state index is 14.9. The van der Waals surface area contributed by atoms with Gasteiger partial charge in [0.25, 0.3) is 4.73 Å². The molecule has 2 N–H and O–H groups in total. The van der Waals surface area contributed by atoms with Crippen LogP contribution in [0, 0.1) is 15.9 Å². The van der Waals surface area contributed by atoms with E-state index < -0.39 is 35.5 Å². The number of anilines is 1. The van der Waals surface area contributed by atoms with Crippen molar-refractivity contribution in [2.75, 3.05) is 24.6 Å². The van der Waals surface area contributed by atoms with Gasteiger partial charge >= 0.3 is 11.9 Å². The average molecular weight is 500 g/mol. The number of amides is 2. The largest absolute Gasteiger partial charge is 0.442 e. The van der Waals surface area contributed by atoms with E-state index in [2.05, 4.69) is 26.2 Å². The maximum Gasteiger partial charge on any atom is 0.414 e. The molecule has 166 valence electrons. The zero-order chi connectivity index (χ0) is 22.7. The molecule has 2 aromatic rings. The van der Waals surface area contributed by atoms with Crippen LogP contribution in [0.5, 0.6) is 0 Å². The van der Waals surface area contributed by atoms with Crippen LogP contribution in [0.1, 0.15) is 18.4 Å². The SMILES string of the molecule is CC(=O)NC[C@H]1CN(c2ccc(C(CO)Cn3cc([N+](=O)[O-])nc3Br)c(F)c2)C(=O)O1. The molecule has 1 fully saturated rings. The van der Waals surface area contributed by atoms with Crippen LogP contribution in [-0.4, -0.2) is 57.4 Å². The highest BCUT2D eigenvalue weighted by molar-refractivity contribution is 9.10. The van der Waals surface area contributed by atoms with Crippen molar-refractivity contribution >= 4 is 39.4 Å². The normalized spacial score (nSPS) is 16.8. The molecular formula is C18H19BrFN5O6. The molecule has 1 aliphatic heterocycles. The first-order valence-corrected chi connectivity index (χ1v) is 9.98. The van der Waals surface area contributed by atoms with Gasteiger partial charge in [0, 0.05) is 35.3 Å². The third kappa shape index (κ3) is 5.17. The van der Waals surface area contributed by atoms with Gasteiger partial charge in [-0.05, 0) is 27.6 Å². The highest BCUT2D eigenvalue weighted by Crippen LogP contribution is 2.29. The molecule has 2 atom stereocenters. The Bertz CT molecular complexity index is 1020. The number of nitrogens with zero attached hydrogens (tertiary/aromatic N) is 4. The van der Waals surface area contributed by atoms with E-state index in [0.29, 0.717) is 0 Å². The molecule has 0 aliphatic carbocycles. The van der Waals surface area contributed by atoms with Gasteiger partial charge in [-0.2, -0.15) is 0 Å². The van der Waals surface area contributed by atoms with E-state index in [1.54, 1.807) is 0 Å². The predicted octanol–water partition coefficient (Wildman–Crippen LogP) is 1.93. The van der Waals surface area contributed by atoms with E-state index in [4.69, 9.17) is 4.74 Å². The van der Waals surface area contributed by atoms with Crippen molar-refractivity contribution < 1.29 is 28.7 Å². The molecular weight excluding hydrogens is 481 g/mol. The van der Waals surface area contributed by atoms with Crippen molar-refractivity contribution in [3.05, 3.63) is 50.6 Å². The lowest BCUT2D eigenvalue weighted by molar-refractivity contribution is -0.389. The van der Waals surface area contributed by atoms with Gasteiger partial charge in [-0.15, -0.1) is 0 Å². The first kappa shape index (κ1) is 22.6. The Morgan fingerprint density at radius 2 is 2.29 bits per heavy atom. The summed E-state index contributed by atoms with van der Waals surface area (Å²) in [5.74, 6) is -1.99. The van der Waals surface area contributed by atoms with Gasteiger partial charge in [0.2, 0.25) is 5.91 Å². The molecule has 2 amide bonds. The van der Waals surface area contributed by atoms with Crippen molar-refractivity contribution in [2.24, 2.45) is 0 Å². The Hall–Kier alpha value is -3.06. The fourth-order valence-corrected chi connectivity index (χ4v) is 3.63. The number of carbonyl (C=O) groups excluding carboxylic acids is 2. The molecule has 3 rings (SSSR count). The number of nitro groups is 1. The number of cyclic esters (lactones) is 1. The Kier molecular flexibility index (Phi) is 6.85. The number of aliphatic hydroxyl groups is 1. The zero-order valence-electron chi connectivity index (χ0n) is 16.3. The standard InChI is InChI=1S/C18H19BrFN5O6/c1-10(27)21-5-13-7-24(18(28)31-13)12-2-3-14(15(20)4-12)11(9-26)6-23-8-16(25(29)30)22-17(23)19/h2-4,8,11,13,26H,5-7,9H2,1H3,(H,21,27)/t11?,13-/m0/s1. The minimum atomic E-state index is -0.711. The van der Waals surface area contributed by atoms with E-state index in [9.17, 15) is 29.2 Å². The van der Waals surface area contributed by atoms with Crippen molar-refractivity contribution in [1.82, 2.24) is 14.9 Å². The summed E-state index contributed by atoms with van der Waals surface area (Å²) >= 11 is 3.11. The first-order chi connectivity index (χ1) is 14.7. The number of halogens is 2. The van der Waals surface area contributed by atoms with Gasteiger partial charge in [-0.1, -0.05) is 6.07 Å². The van der Waals surface area contributed by atoms with Gasteiger partial charge in [-0.25, -0.2) is 9.18 Å². The number of imidazole rings is 1. The van der Waals surface area contributed by atoms with Crippen molar-refractivity contribution in [3.63, 3.8) is 0 Å². The minimum Gasteiger partial charge on any atom is -0.442 e. The Labute approximate surface area is 184 Å².